The molecule has 0 spiro atoms. The Bertz CT molecular complexity index is 803. The van der Waals surface area contributed by atoms with E-state index in [9.17, 15) is 0 Å². The number of ether oxygens (including phenoxy) is 2. The van der Waals surface area contributed by atoms with Crippen LogP contribution in [0.2, 0.25) is 0 Å². The van der Waals surface area contributed by atoms with Crippen LogP contribution in [0, 0.1) is 0 Å². The second-order valence-corrected chi connectivity index (χ2v) is 5.62. The Morgan fingerprint density at radius 2 is 1.67 bits per heavy atom. The molecule has 0 bridgehead atoms. The number of nitrogens with zero attached hydrogens (tertiary/aromatic N) is 1. The maximum atomic E-state index is 5.52. The van der Waals surface area contributed by atoms with Gasteiger partial charge in [-0.25, -0.2) is 0 Å². The lowest BCUT2D eigenvalue weighted by molar-refractivity contribution is 0.174. The lowest BCUT2D eigenvalue weighted by Crippen LogP contribution is -2.02. The Morgan fingerprint density at radius 1 is 0.952 bits per heavy atom. The molecule has 2 aromatic carbocycles. The summed E-state index contributed by atoms with van der Waals surface area (Å²) in [6.07, 6.45) is 0. The van der Waals surface area contributed by atoms with Gasteiger partial charge in [-0.05, 0) is 31.5 Å². The fourth-order valence-corrected chi connectivity index (χ4v) is 3.01. The molecular weight excluding hydrogens is 262 g/mol. The fourth-order valence-electron chi connectivity index (χ4n) is 3.01. The molecule has 2 heterocycles. The number of rotatable bonds is 2. The third kappa shape index (κ3) is 1.88. The van der Waals surface area contributed by atoms with E-state index in [-0.39, 0.29) is 0 Å². The lowest BCUT2D eigenvalue weighted by Gasteiger charge is -2.15. The highest BCUT2D eigenvalue weighted by atomic mass is 16.7. The zero-order chi connectivity index (χ0) is 14.4. The molecule has 0 amide bonds. The molecule has 0 unspecified atom stereocenters. The second-order valence-electron chi connectivity index (χ2n) is 5.62. The van der Waals surface area contributed by atoms with Crippen LogP contribution in [0.15, 0.2) is 48.5 Å². The standard InChI is InChI=1S/C18H17NO2/c1-12(2)19-15(13-6-4-3-5-7-13)8-14-9-17-18(10-16(14)19)21-11-20-17/h3-10,12H,11H2,1-2H3. The van der Waals surface area contributed by atoms with Gasteiger partial charge in [0, 0.05) is 23.2 Å². The van der Waals surface area contributed by atoms with Crippen molar-refractivity contribution in [1.29, 1.82) is 0 Å². The van der Waals surface area contributed by atoms with E-state index >= 15 is 0 Å². The number of hydrogen-bond donors (Lipinski definition) is 0. The van der Waals surface area contributed by atoms with Gasteiger partial charge in [0.25, 0.3) is 0 Å². The summed E-state index contributed by atoms with van der Waals surface area (Å²) in [5.74, 6) is 1.67. The molecule has 106 valence electrons. The Kier molecular flexibility index (Phi) is 2.67. The molecule has 0 atom stereocenters. The molecule has 0 saturated carbocycles. The van der Waals surface area contributed by atoms with E-state index in [4.69, 9.17) is 9.47 Å². The van der Waals surface area contributed by atoms with E-state index < -0.39 is 0 Å². The first-order chi connectivity index (χ1) is 10.2. The summed E-state index contributed by atoms with van der Waals surface area (Å²) in [5.41, 5.74) is 3.64. The molecular formula is C18H17NO2. The largest absolute Gasteiger partial charge is 0.454 e. The van der Waals surface area contributed by atoms with Crippen molar-refractivity contribution >= 4 is 10.9 Å². The number of hydrogen-bond acceptors (Lipinski definition) is 2. The van der Waals surface area contributed by atoms with Gasteiger partial charge in [-0.2, -0.15) is 0 Å². The third-order valence-corrected chi connectivity index (χ3v) is 3.92. The van der Waals surface area contributed by atoms with Crippen LogP contribution >= 0.6 is 0 Å². The first-order valence-electron chi connectivity index (χ1n) is 7.24. The molecule has 3 aromatic rings. The number of benzene rings is 2. The molecule has 1 aliphatic heterocycles. The summed E-state index contributed by atoms with van der Waals surface area (Å²) in [7, 11) is 0. The summed E-state index contributed by atoms with van der Waals surface area (Å²) in [4.78, 5) is 0. The monoisotopic (exact) mass is 279 g/mol. The minimum Gasteiger partial charge on any atom is -0.454 e. The van der Waals surface area contributed by atoms with Crippen LogP contribution in [0.1, 0.15) is 19.9 Å². The van der Waals surface area contributed by atoms with Crippen molar-refractivity contribution in [2.24, 2.45) is 0 Å². The Hall–Kier alpha value is -2.42. The normalized spacial score (nSPS) is 13.3. The van der Waals surface area contributed by atoms with Crippen molar-refractivity contribution in [3.05, 3.63) is 48.5 Å². The van der Waals surface area contributed by atoms with Gasteiger partial charge in [-0.3, -0.25) is 0 Å². The van der Waals surface area contributed by atoms with Crippen molar-refractivity contribution in [3.8, 4) is 22.8 Å². The minimum absolute atomic E-state index is 0.315. The molecule has 0 fully saturated rings. The van der Waals surface area contributed by atoms with Crippen LogP contribution < -0.4 is 9.47 Å². The van der Waals surface area contributed by atoms with Gasteiger partial charge in [-0.1, -0.05) is 30.3 Å². The van der Waals surface area contributed by atoms with Crippen molar-refractivity contribution in [2.45, 2.75) is 19.9 Å². The Morgan fingerprint density at radius 3 is 2.38 bits per heavy atom. The fraction of sp³-hybridized carbons (Fsp3) is 0.222. The van der Waals surface area contributed by atoms with Gasteiger partial charge in [0.15, 0.2) is 11.5 Å². The zero-order valence-corrected chi connectivity index (χ0v) is 12.2. The first kappa shape index (κ1) is 12.3. The summed E-state index contributed by atoms with van der Waals surface area (Å²) in [6.45, 7) is 4.72. The van der Waals surface area contributed by atoms with E-state index in [0.717, 1.165) is 11.5 Å². The zero-order valence-electron chi connectivity index (χ0n) is 12.2. The maximum Gasteiger partial charge on any atom is 0.231 e. The van der Waals surface area contributed by atoms with Crippen LogP contribution in [0.4, 0.5) is 0 Å². The SMILES string of the molecule is CC(C)n1c(-c2ccccc2)cc2cc3c(cc21)OCO3. The molecule has 0 saturated heterocycles. The van der Waals surface area contributed by atoms with E-state index in [1.54, 1.807) is 0 Å². The van der Waals surface area contributed by atoms with Gasteiger partial charge >= 0.3 is 0 Å². The van der Waals surface area contributed by atoms with Crippen LogP contribution in [0.25, 0.3) is 22.2 Å². The average molecular weight is 279 g/mol. The van der Waals surface area contributed by atoms with Gasteiger partial charge in [-0.15, -0.1) is 0 Å². The van der Waals surface area contributed by atoms with Gasteiger partial charge in [0.1, 0.15) is 0 Å². The average Bonchev–Trinajstić information content (AvgIpc) is 3.08. The molecule has 4 rings (SSSR count). The summed E-state index contributed by atoms with van der Waals surface area (Å²) < 4.78 is 13.4. The predicted octanol–water partition coefficient (Wildman–Crippen LogP) is 4.62. The summed E-state index contributed by atoms with van der Waals surface area (Å²) >= 11 is 0. The molecule has 0 N–H and O–H groups in total. The highest BCUT2D eigenvalue weighted by molar-refractivity contribution is 5.90. The van der Waals surface area contributed by atoms with Crippen LogP contribution in [0.5, 0.6) is 11.5 Å². The minimum atomic E-state index is 0.315. The van der Waals surface area contributed by atoms with E-state index in [1.807, 2.05) is 6.07 Å². The highest BCUT2D eigenvalue weighted by Crippen LogP contribution is 2.40. The molecule has 0 aliphatic carbocycles. The lowest BCUT2D eigenvalue weighted by atomic mass is 10.1. The molecule has 1 aromatic heterocycles. The predicted molar refractivity (Wildman–Crippen MR) is 83.9 cm³/mol. The third-order valence-electron chi connectivity index (χ3n) is 3.92. The van der Waals surface area contributed by atoms with Gasteiger partial charge < -0.3 is 14.0 Å². The van der Waals surface area contributed by atoms with Crippen molar-refractivity contribution in [1.82, 2.24) is 4.57 Å². The topological polar surface area (TPSA) is 23.4 Å². The van der Waals surface area contributed by atoms with Crippen LogP contribution in [-0.2, 0) is 0 Å². The first-order valence-corrected chi connectivity index (χ1v) is 7.24. The molecule has 0 radical (unpaired) electrons. The highest BCUT2D eigenvalue weighted by Gasteiger charge is 2.19. The van der Waals surface area contributed by atoms with E-state index in [1.165, 1.54) is 22.2 Å². The summed E-state index contributed by atoms with van der Waals surface area (Å²) in [5, 5.41) is 1.19. The molecule has 1 aliphatic rings. The Balaban J connectivity index is 2.01. The number of aromatic nitrogens is 1. The van der Waals surface area contributed by atoms with E-state index in [2.05, 4.69) is 60.9 Å². The van der Waals surface area contributed by atoms with Crippen LogP contribution in [0.3, 0.4) is 0 Å². The van der Waals surface area contributed by atoms with Crippen LogP contribution in [-0.4, -0.2) is 11.4 Å². The van der Waals surface area contributed by atoms with Crippen molar-refractivity contribution in [3.63, 3.8) is 0 Å². The molecule has 3 heteroatoms. The second kappa shape index (κ2) is 4.55. The molecule has 3 nitrogen and oxygen atoms in total. The van der Waals surface area contributed by atoms with Crippen molar-refractivity contribution < 1.29 is 9.47 Å². The smallest absolute Gasteiger partial charge is 0.231 e. The van der Waals surface area contributed by atoms with Gasteiger partial charge in [0.2, 0.25) is 6.79 Å². The Labute approximate surface area is 123 Å². The van der Waals surface area contributed by atoms with Gasteiger partial charge in [0.05, 0.1) is 5.52 Å². The maximum absolute atomic E-state index is 5.52. The number of fused-ring (bicyclic) bond motifs is 2. The van der Waals surface area contributed by atoms with Crippen molar-refractivity contribution in [2.75, 3.05) is 6.79 Å². The molecule has 21 heavy (non-hydrogen) atoms. The summed E-state index contributed by atoms with van der Waals surface area (Å²) in [6, 6.07) is 17.2. The van der Waals surface area contributed by atoms with E-state index in [0.29, 0.717) is 12.8 Å². The quantitative estimate of drug-likeness (QED) is 0.683.